The molecular formula is C25H20N2O3. The van der Waals surface area contributed by atoms with Gasteiger partial charge in [0.05, 0.1) is 19.9 Å². The Bertz CT molecular complexity index is 1320. The summed E-state index contributed by atoms with van der Waals surface area (Å²) in [7, 11) is 3.31. The fourth-order valence-corrected chi connectivity index (χ4v) is 3.55. The highest BCUT2D eigenvalue weighted by molar-refractivity contribution is 6.10. The predicted octanol–water partition coefficient (Wildman–Crippen LogP) is 6.41. The summed E-state index contributed by atoms with van der Waals surface area (Å²) in [6.07, 6.45) is 0. The molecule has 0 aliphatic carbocycles. The second kappa shape index (κ2) is 7.44. The van der Waals surface area contributed by atoms with Gasteiger partial charge in [-0.3, -0.25) is 0 Å². The zero-order valence-electron chi connectivity index (χ0n) is 16.7. The zero-order chi connectivity index (χ0) is 20.5. The lowest BCUT2D eigenvalue weighted by molar-refractivity contribution is 0.414. The van der Waals surface area contributed by atoms with Gasteiger partial charge in [-0.15, -0.1) is 0 Å². The van der Waals surface area contributed by atoms with E-state index in [0.29, 0.717) is 5.89 Å². The predicted molar refractivity (Wildman–Crippen MR) is 120 cm³/mol. The van der Waals surface area contributed by atoms with Crippen molar-refractivity contribution in [3.05, 3.63) is 78.9 Å². The Kier molecular flexibility index (Phi) is 4.48. The van der Waals surface area contributed by atoms with Crippen LogP contribution in [0.4, 0.5) is 11.4 Å². The molecule has 0 saturated carbocycles. The number of hydrogen-bond acceptors (Lipinski definition) is 5. The summed E-state index contributed by atoms with van der Waals surface area (Å²) < 4.78 is 16.6. The summed E-state index contributed by atoms with van der Waals surface area (Å²) in [6, 6.07) is 25.7. The highest BCUT2D eigenvalue weighted by Crippen LogP contribution is 2.36. The monoisotopic (exact) mass is 396 g/mol. The van der Waals surface area contributed by atoms with Gasteiger partial charge in [0, 0.05) is 28.1 Å². The second-order valence-electron chi connectivity index (χ2n) is 6.92. The van der Waals surface area contributed by atoms with Crippen molar-refractivity contribution < 1.29 is 13.9 Å². The Morgan fingerprint density at radius 1 is 0.767 bits per heavy atom. The minimum absolute atomic E-state index is 0.583. The van der Waals surface area contributed by atoms with E-state index in [9.17, 15) is 0 Å². The molecule has 0 aliphatic heterocycles. The molecule has 0 saturated heterocycles. The summed E-state index contributed by atoms with van der Waals surface area (Å²) in [5, 5.41) is 5.61. The van der Waals surface area contributed by atoms with Gasteiger partial charge in [0.25, 0.3) is 0 Å². The molecular weight excluding hydrogens is 376 g/mol. The van der Waals surface area contributed by atoms with Crippen molar-refractivity contribution in [2.45, 2.75) is 0 Å². The van der Waals surface area contributed by atoms with E-state index in [1.54, 1.807) is 14.2 Å². The molecule has 5 heteroatoms. The maximum atomic E-state index is 6.14. The molecule has 5 nitrogen and oxygen atoms in total. The van der Waals surface area contributed by atoms with Gasteiger partial charge in [0.1, 0.15) is 17.0 Å². The summed E-state index contributed by atoms with van der Waals surface area (Å²) in [4.78, 5) is 4.79. The van der Waals surface area contributed by atoms with E-state index in [1.807, 2.05) is 66.7 Å². The van der Waals surface area contributed by atoms with Crippen LogP contribution in [0.3, 0.4) is 0 Å². The van der Waals surface area contributed by atoms with Crippen LogP contribution in [0, 0.1) is 0 Å². The minimum atomic E-state index is 0.583. The summed E-state index contributed by atoms with van der Waals surface area (Å²) in [5.41, 5.74) is 4.41. The number of rotatable bonds is 5. The molecule has 1 heterocycles. The Balaban J connectivity index is 1.61. The highest BCUT2D eigenvalue weighted by atomic mass is 16.5. The molecule has 0 radical (unpaired) electrons. The molecule has 30 heavy (non-hydrogen) atoms. The number of aromatic nitrogens is 1. The first-order valence-corrected chi connectivity index (χ1v) is 9.63. The molecule has 5 aromatic rings. The average molecular weight is 396 g/mol. The lowest BCUT2D eigenvalue weighted by Crippen LogP contribution is -1.92. The maximum absolute atomic E-state index is 6.14. The molecule has 148 valence electrons. The number of hydrogen-bond donors (Lipinski definition) is 1. The number of anilines is 2. The minimum Gasteiger partial charge on any atom is -0.497 e. The normalized spacial score (nSPS) is 11.0. The van der Waals surface area contributed by atoms with Crippen molar-refractivity contribution in [3.63, 3.8) is 0 Å². The van der Waals surface area contributed by atoms with Crippen LogP contribution in [0.1, 0.15) is 0 Å². The molecule has 1 N–H and O–H groups in total. The lowest BCUT2D eigenvalue weighted by Gasteiger charge is -2.10. The van der Waals surface area contributed by atoms with Gasteiger partial charge in [-0.25, -0.2) is 4.98 Å². The van der Waals surface area contributed by atoms with Crippen LogP contribution in [0.5, 0.6) is 11.5 Å². The Labute approximate surface area is 173 Å². The van der Waals surface area contributed by atoms with Crippen molar-refractivity contribution in [1.29, 1.82) is 0 Å². The number of nitrogens with one attached hydrogen (secondary N) is 1. The van der Waals surface area contributed by atoms with E-state index in [-0.39, 0.29) is 0 Å². The van der Waals surface area contributed by atoms with E-state index >= 15 is 0 Å². The number of ether oxygens (including phenoxy) is 2. The van der Waals surface area contributed by atoms with E-state index in [2.05, 4.69) is 17.4 Å². The number of methoxy groups -OCH3 is 2. The first kappa shape index (κ1) is 18.1. The molecule has 0 atom stereocenters. The first-order chi connectivity index (χ1) is 14.7. The molecule has 0 spiro atoms. The largest absolute Gasteiger partial charge is 0.497 e. The quantitative estimate of drug-likeness (QED) is 0.372. The molecule has 0 unspecified atom stereocenters. The van der Waals surface area contributed by atoms with Crippen LogP contribution < -0.4 is 14.8 Å². The third-order valence-electron chi connectivity index (χ3n) is 5.11. The number of oxazole rings is 1. The number of nitrogens with zero attached hydrogens (tertiary/aromatic N) is 1. The Morgan fingerprint density at radius 3 is 2.07 bits per heavy atom. The Hall–Kier alpha value is -3.99. The number of benzene rings is 4. The second-order valence-corrected chi connectivity index (χ2v) is 6.92. The lowest BCUT2D eigenvalue weighted by atomic mass is 10.1. The fourth-order valence-electron chi connectivity index (χ4n) is 3.55. The van der Waals surface area contributed by atoms with Gasteiger partial charge in [-0.1, -0.05) is 24.3 Å². The van der Waals surface area contributed by atoms with Gasteiger partial charge in [-0.05, 0) is 48.5 Å². The van der Waals surface area contributed by atoms with Crippen LogP contribution in [0.15, 0.2) is 83.3 Å². The van der Waals surface area contributed by atoms with Gasteiger partial charge in [0.2, 0.25) is 5.89 Å². The molecule has 0 fully saturated rings. The third kappa shape index (κ3) is 3.20. The first-order valence-electron chi connectivity index (χ1n) is 9.63. The maximum Gasteiger partial charge on any atom is 0.227 e. The molecule has 0 amide bonds. The zero-order valence-corrected chi connectivity index (χ0v) is 16.7. The molecule has 1 aromatic heterocycles. The van der Waals surface area contributed by atoms with Crippen molar-refractivity contribution in [2.24, 2.45) is 0 Å². The number of fused-ring (bicyclic) bond motifs is 3. The average Bonchev–Trinajstić information content (AvgIpc) is 3.24. The van der Waals surface area contributed by atoms with Gasteiger partial charge >= 0.3 is 0 Å². The van der Waals surface area contributed by atoms with Gasteiger partial charge < -0.3 is 19.2 Å². The van der Waals surface area contributed by atoms with Crippen LogP contribution in [0.25, 0.3) is 33.3 Å². The van der Waals surface area contributed by atoms with Crippen molar-refractivity contribution in [3.8, 4) is 23.0 Å². The summed E-state index contributed by atoms with van der Waals surface area (Å²) >= 11 is 0. The molecule has 4 aromatic carbocycles. The SMILES string of the molecule is COc1ccc(Nc2cc3oc(-c4ccc(OC)cc4)nc3c3ccccc23)cc1. The third-order valence-corrected chi connectivity index (χ3v) is 5.11. The van der Waals surface area contributed by atoms with Crippen LogP contribution in [-0.4, -0.2) is 19.2 Å². The topological polar surface area (TPSA) is 56.5 Å². The van der Waals surface area contributed by atoms with E-state index in [0.717, 1.165) is 50.3 Å². The van der Waals surface area contributed by atoms with Crippen molar-refractivity contribution in [1.82, 2.24) is 4.98 Å². The van der Waals surface area contributed by atoms with E-state index in [4.69, 9.17) is 18.9 Å². The summed E-state index contributed by atoms with van der Waals surface area (Å²) in [5.74, 6) is 2.20. The molecule has 0 bridgehead atoms. The fraction of sp³-hybridized carbons (Fsp3) is 0.0800. The van der Waals surface area contributed by atoms with Gasteiger partial charge in [-0.2, -0.15) is 0 Å². The van der Waals surface area contributed by atoms with E-state index in [1.165, 1.54) is 0 Å². The van der Waals surface area contributed by atoms with Crippen molar-refractivity contribution in [2.75, 3.05) is 19.5 Å². The van der Waals surface area contributed by atoms with Gasteiger partial charge in [0.15, 0.2) is 5.58 Å². The highest BCUT2D eigenvalue weighted by Gasteiger charge is 2.14. The Morgan fingerprint density at radius 2 is 1.40 bits per heavy atom. The molecule has 5 rings (SSSR count). The van der Waals surface area contributed by atoms with Crippen molar-refractivity contribution >= 4 is 33.2 Å². The molecule has 0 aliphatic rings. The van der Waals surface area contributed by atoms with E-state index < -0.39 is 0 Å². The van der Waals surface area contributed by atoms with Crippen LogP contribution in [-0.2, 0) is 0 Å². The standard InChI is InChI=1S/C25H20N2O3/c1-28-18-11-7-16(8-12-18)25-27-24-21-6-4-3-5-20(21)22(15-23(24)30-25)26-17-9-13-19(29-2)14-10-17/h3-15,26H,1-2H3. The summed E-state index contributed by atoms with van der Waals surface area (Å²) in [6.45, 7) is 0. The van der Waals surface area contributed by atoms with Crippen LogP contribution in [0.2, 0.25) is 0 Å². The smallest absolute Gasteiger partial charge is 0.227 e. The van der Waals surface area contributed by atoms with Crippen LogP contribution >= 0.6 is 0 Å².